The van der Waals surface area contributed by atoms with E-state index >= 15 is 0 Å². The predicted molar refractivity (Wildman–Crippen MR) is 284 cm³/mol. The number of thiazole rings is 2. The van der Waals surface area contributed by atoms with Crippen molar-refractivity contribution in [2.75, 3.05) is 39.5 Å². The Kier molecular flexibility index (Phi) is 23.3. The second-order valence-electron chi connectivity index (χ2n) is 20.5. The minimum Gasteiger partial charge on any atom is -0.480 e. The van der Waals surface area contributed by atoms with E-state index in [1.54, 1.807) is 49.0 Å². The van der Waals surface area contributed by atoms with Gasteiger partial charge < -0.3 is 66.5 Å². The third-order valence-corrected chi connectivity index (χ3v) is 14.1. The number of β-amino-alcohol motifs (C(OH)–C–C–N with tert-alkyl or cyclic N) is 2. The third kappa shape index (κ3) is 19.3. The number of hydrogen-bond acceptors (Lipinski definition) is 17. The topological polar surface area (TPSA) is 351 Å². The number of carboxylic acids is 3. The summed E-state index contributed by atoms with van der Waals surface area (Å²) in [5, 5.41) is 53.2. The first-order valence-electron chi connectivity index (χ1n) is 24.4. The number of benzene rings is 2. The lowest BCUT2D eigenvalue weighted by molar-refractivity contribution is -0.149. The lowest BCUT2D eigenvalue weighted by Gasteiger charge is -2.35. The number of nitrogens with one attached hydrogen (secondary N) is 3. The van der Waals surface area contributed by atoms with Gasteiger partial charge in [-0.15, -0.1) is 22.7 Å². The van der Waals surface area contributed by atoms with Crippen molar-refractivity contribution in [2.24, 2.45) is 16.6 Å². The van der Waals surface area contributed by atoms with Crippen LogP contribution in [0.1, 0.15) is 76.9 Å². The molecule has 10 N–H and O–H groups in total. The summed E-state index contributed by atoms with van der Waals surface area (Å²) in [6.07, 6.45) is -1.31. The van der Waals surface area contributed by atoms with Crippen LogP contribution in [0.15, 0.2) is 59.6 Å². The van der Waals surface area contributed by atoms with E-state index in [4.69, 9.17) is 25.8 Å². The summed E-state index contributed by atoms with van der Waals surface area (Å²) in [4.78, 5) is 108. The van der Waals surface area contributed by atoms with E-state index in [2.05, 4.69) is 30.7 Å². The van der Waals surface area contributed by atoms with Crippen molar-refractivity contribution >= 4 is 70.1 Å². The first kappa shape index (κ1) is 62.8. The molecule has 0 saturated carbocycles. The number of rotatable bonds is 19. The molecule has 4 heterocycles. The number of likely N-dealkylation sites (tertiary alicyclic amines) is 2. The number of carbonyl (C=O) groups is 8. The van der Waals surface area contributed by atoms with Crippen LogP contribution in [0.4, 0.5) is 0 Å². The number of hydrogen-bond donors (Lipinski definition) is 9. The molecule has 420 valence electrons. The molecule has 2 fully saturated rings. The van der Waals surface area contributed by atoms with Gasteiger partial charge in [0.15, 0.2) is 0 Å². The lowest BCUT2D eigenvalue weighted by Crippen LogP contribution is -2.58. The molecule has 6 rings (SSSR count). The summed E-state index contributed by atoms with van der Waals surface area (Å²) >= 11 is 3.16. The van der Waals surface area contributed by atoms with Crippen molar-refractivity contribution in [3.8, 4) is 20.9 Å². The molecular weight excluding hydrogens is 1040 g/mol. The number of nitrogens with zero attached hydrogens (tertiary/aromatic N) is 4. The van der Waals surface area contributed by atoms with Gasteiger partial charge in [0, 0.05) is 39.0 Å². The van der Waals surface area contributed by atoms with E-state index in [1.807, 2.05) is 88.7 Å². The van der Waals surface area contributed by atoms with Crippen molar-refractivity contribution in [3.05, 3.63) is 82.1 Å². The Balaban J connectivity index is 0.000000292. The molecule has 2 aromatic heterocycles. The van der Waals surface area contributed by atoms with Crippen LogP contribution in [-0.2, 0) is 60.9 Å². The summed E-state index contributed by atoms with van der Waals surface area (Å²) in [7, 11) is 0. The molecule has 2 saturated heterocycles. The number of aliphatic hydroxyl groups is 2. The maximum Gasteiger partial charge on any atom is 0.329 e. The number of carboxylic acid groups (broad SMARTS) is 3. The standard InChI is InChI=1S/C26H34N4O7S.C22H30N4O3S.C4H6O5/c1-15-22(38-14-28-15)17-7-5-16(6-8-17)10-27-24(35)19-9-18(31)11-30(19)25(36)23(26(2,3)4)29-20(32)12-37-13-21(33)34;1-13-18(30-12-25-13)15-7-5-14(6-8-15)10-24-20(28)17-9-16(27)11-26(17)21(29)19(23)22(2,3)4;5-3(6)1-9-2-4(7)8/h5-8,14,18-19,23,31H,9-13H2,1-4H3,(H,27,35)(H,29,32)(H,33,34);5-8,12,16-17,19,27H,9-11,23H2,1-4H3,(H,24,28);1-2H2,(H,5,6)(H,7,8)/t18-,19+,23-;16-,17+,19-;/m11./s1. The van der Waals surface area contributed by atoms with Gasteiger partial charge in [0.05, 0.1) is 50.4 Å². The Morgan fingerprint density at radius 3 is 1.34 bits per heavy atom. The average molecular weight is 1110 g/mol. The molecule has 6 atom stereocenters. The fraction of sp³-hybridized carbons (Fsp3) is 0.500. The van der Waals surface area contributed by atoms with Gasteiger partial charge in [-0.05, 0) is 46.9 Å². The molecule has 2 aromatic carbocycles. The summed E-state index contributed by atoms with van der Waals surface area (Å²) in [5.41, 5.74) is 14.5. The average Bonchev–Trinajstić information content (AvgIpc) is 4.18. The van der Waals surface area contributed by atoms with E-state index in [9.17, 15) is 48.6 Å². The zero-order valence-electron chi connectivity index (χ0n) is 44.3. The SMILES string of the molecule is Cc1ncsc1-c1ccc(CNC(=O)[C@@H]2C[C@@H](O)CN2C(=O)[C@@H](N)C(C)(C)C)cc1.Cc1ncsc1-c1ccc(CNC(=O)[C@@H]2C[C@@H](O)CN2C(=O)[C@@H](NC(=O)COCC(=O)O)C(C)(C)C)cc1.O=C(O)COCC(=O)O. The molecule has 0 radical (unpaired) electrons. The summed E-state index contributed by atoms with van der Waals surface area (Å²) in [6, 6.07) is 12.4. The summed E-state index contributed by atoms with van der Waals surface area (Å²) in [6.45, 7) is 13.2. The van der Waals surface area contributed by atoms with Gasteiger partial charge in [-0.1, -0.05) is 90.1 Å². The van der Waals surface area contributed by atoms with Crippen LogP contribution in [0.3, 0.4) is 0 Å². The maximum atomic E-state index is 13.5. The molecule has 0 bridgehead atoms. The van der Waals surface area contributed by atoms with Crippen molar-refractivity contribution in [1.29, 1.82) is 0 Å². The smallest absolute Gasteiger partial charge is 0.329 e. The molecule has 5 amide bonds. The monoisotopic (exact) mass is 1110 g/mol. The Labute approximate surface area is 454 Å². The zero-order chi connectivity index (χ0) is 57.4. The second-order valence-corrected chi connectivity index (χ2v) is 22.2. The number of amides is 5. The van der Waals surface area contributed by atoms with Gasteiger partial charge in [0.1, 0.15) is 44.6 Å². The minimum absolute atomic E-state index is 0.0439. The largest absolute Gasteiger partial charge is 0.480 e. The van der Waals surface area contributed by atoms with E-state index in [0.29, 0.717) is 6.54 Å². The number of aromatic nitrogens is 2. The molecule has 0 aliphatic carbocycles. The fourth-order valence-electron chi connectivity index (χ4n) is 7.95. The number of nitrogens with two attached hydrogens (primary N) is 1. The molecule has 2 aliphatic heterocycles. The molecular formula is C52H70N8O15S2. The van der Waals surface area contributed by atoms with Gasteiger partial charge in [0.2, 0.25) is 29.5 Å². The highest BCUT2D eigenvalue weighted by Crippen LogP contribution is 2.30. The van der Waals surface area contributed by atoms with Crippen LogP contribution >= 0.6 is 22.7 Å². The van der Waals surface area contributed by atoms with E-state index in [0.717, 1.165) is 43.4 Å². The van der Waals surface area contributed by atoms with Crippen molar-refractivity contribution < 1.29 is 73.4 Å². The van der Waals surface area contributed by atoms with E-state index in [-0.39, 0.29) is 44.3 Å². The number of ether oxygens (including phenoxy) is 2. The van der Waals surface area contributed by atoms with Crippen LogP contribution in [0, 0.1) is 24.7 Å². The van der Waals surface area contributed by atoms with Crippen LogP contribution in [0.5, 0.6) is 0 Å². The van der Waals surface area contributed by atoms with Gasteiger partial charge in [-0.2, -0.15) is 0 Å². The number of aliphatic carboxylic acids is 3. The van der Waals surface area contributed by atoms with Crippen LogP contribution in [0.25, 0.3) is 20.9 Å². The predicted octanol–water partition coefficient (Wildman–Crippen LogP) is 2.57. The second kappa shape index (κ2) is 28.6. The Hall–Kier alpha value is -6.74. The number of carbonyl (C=O) groups excluding carboxylic acids is 5. The van der Waals surface area contributed by atoms with Gasteiger partial charge >= 0.3 is 17.9 Å². The van der Waals surface area contributed by atoms with Gasteiger partial charge in [0.25, 0.3) is 0 Å². The van der Waals surface area contributed by atoms with Crippen molar-refractivity contribution in [2.45, 2.75) is 118 Å². The number of aryl methyl sites for hydroxylation is 2. The van der Waals surface area contributed by atoms with Crippen LogP contribution in [0.2, 0.25) is 0 Å². The molecule has 77 heavy (non-hydrogen) atoms. The first-order valence-corrected chi connectivity index (χ1v) is 26.2. The normalized spacial score (nSPS) is 17.9. The number of aliphatic hydroxyl groups excluding tert-OH is 2. The highest BCUT2D eigenvalue weighted by Gasteiger charge is 2.45. The highest BCUT2D eigenvalue weighted by molar-refractivity contribution is 7.13. The van der Waals surface area contributed by atoms with Crippen LogP contribution < -0.4 is 21.7 Å². The summed E-state index contributed by atoms with van der Waals surface area (Å²) in [5.74, 6) is -5.70. The molecule has 4 aromatic rings. The third-order valence-electron chi connectivity index (χ3n) is 12.1. The molecule has 25 heteroatoms. The van der Waals surface area contributed by atoms with E-state index in [1.165, 1.54) is 9.80 Å². The van der Waals surface area contributed by atoms with Crippen LogP contribution in [-0.4, -0.2) is 169 Å². The molecule has 0 spiro atoms. The van der Waals surface area contributed by atoms with Gasteiger partial charge in [-0.25, -0.2) is 24.4 Å². The zero-order valence-corrected chi connectivity index (χ0v) is 45.9. The fourth-order valence-corrected chi connectivity index (χ4v) is 9.58. The quantitative estimate of drug-likeness (QED) is 0.0651. The Bertz CT molecular complexity index is 2650. The first-order chi connectivity index (χ1) is 36.1. The van der Waals surface area contributed by atoms with Crippen molar-refractivity contribution in [1.82, 2.24) is 35.7 Å². The van der Waals surface area contributed by atoms with E-state index < -0.39 is 109 Å². The Morgan fingerprint density at radius 2 is 1.00 bits per heavy atom. The lowest BCUT2D eigenvalue weighted by atomic mass is 9.85. The summed E-state index contributed by atoms with van der Waals surface area (Å²) < 4.78 is 8.97. The van der Waals surface area contributed by atoms with Gasteiger partial charge in [-0.3, -0.25) is 24.0 Å². The maximum absolute atomic E-state index is 13.5. The minimum atomic E-state index is -1.22. The Morgan fingerprint density at radius 1 is 0.623 bits per heavy atom. The van der Waals surface area contributed by atoms with Crippen molar-refractivity contribution in [3.63, 3.8) is 0 Å². The molecule has 2 aliphatic rings. The molecule has 23 nitrogen and oxygen atoms in total. The molecule has 0 unspecified atom stereocenters. The highest BCUT2D eigenvalue weighted by atomic mass is 32.1.